The Hall–Kier alpha value is -2.28. The van der Waals surface area contributed by atoms with Gasteiger partial charge in [-0.1, -0.05) is 6.92 Å². The molecule has 0 radical (unpaired) electrons. The highest BCUT2D eigenvalue weighted by Crippen LogP contribution is 2.34. The van der Waals surface area contributed by atoms with Crippen LogP contribution in [0.1, 0.15) is 31.8 Å². The second-order valence-electron chi connectivity index (χ2n) is 8.11. The zero-order valence-electron chi connectivity index (χ0n) is 16.0. The number of alkyl halides is 2. The minimum Gasteiger partial charge on any atom is -0.369 e. The van der Waals surface area contributed by atoms with Crippen LogP contribution in [-0.4, -0.2) is 43.1 Å². The molecule has 150 valence electrons. The number of pyridine rings is 1. The van der Waals surface area contributed by atoms with Crippen LogP contribution < -0.4 is 15.5 Å². The second kappa shape index (κ2) is 7.99. The number of anilines is 1. The van der Waals surface area contributed by atoms with Crippen molar-refractivity contribution in [1.82, 2.24) is 15.6 Å². The molecule has 5 nitrogen and oxygen atoms in total. The van der Waals surface area contributed by atoms with Gasteiger partial charge in [-0.15, -0.1) is 0 Å². The molecule has 2 atom stereocenters. The van der Waals surface area contributed by atoms with Gasteiger partial charge in [-0.25, -0.2) is 8.78 Å². The molecular formula is C21H26F2N4O. The molecule has 4 rings (SSSR count). The third-order valence-corrected chi connectivity index (χ3v) is 5.72. The van der Waals surface area contributed by atoms with E-state index in [0.29, 0.717) is 30.3 Å². The van der Waals surface area contributed by atoms with Crippen LogP contribution in [0, 0.1) is 11.8 Å². The maximum atomic E-state index is 13.4. The molecule has 2 fully saturated rings. The molecule has 3 heterocycles. The van der Waals surface area contributed by atoms with Gasteiger partial charge in [-0.2, -0.15) is 0 Å². The monoisotopic (exact) mass is 388 g/mol. The maximum Gasteiger partial charge on any atom is 0.265 e. The molecule has 2 saturated heterocycles. The van der Waals surface area contributed by atoms with Crippen molar-refractivity contribution in [2.45, 2.75) is 32.2 Å². The topological polar surface area (TPSA) is 57.3 Å². The number of piperidine rings is 1. The van der Waals surface area contributed by atoms with Gasteiger partial charge in [0.25, 0.3) is 6.43 Å². The first-order valence-corrected chi connectivity index (χ1v) is 9.92. The van der Waals surface area contributed by atoms with E-state index in [-0.39, 0.29) is 17.5 Å². The van der Waals surface area contributed by atoms with E-state index in [1.165, 1.54) is 6.07 Å². The first-order valence-electron chi connectivity index (χ1n) is 9.92. The van der Waals surface area contributed by atoms with E-state index < -0.39 is 6.43 Å². The van der Waals surface area contributed by atoms with Gasteiger partial charge < -0.3 is 15.5 Å². The van der Waals surface area contributed by atoms with Crippen molar-refractivity contribution in [1.29, 1.82) is 0 Å². The number of halogens is 2. The van der Waals surface area contributed by atoms with Gasteiger partial charge in [-0.3, -0.25) is 9.78 Å². The Bertz CT molecular complexity index is 855. The number of carbonyl (C=O) groups is 1. The van der Waals surface area contributed by atoms with Gasteiger partial charge in [-0.05, 0) is 55.6 Å². The Morgan fingerprint density at radius 2 is 2.14 bits per heavy atom. The number of hydrogen-bond donors (Lipinski definition) is 2. The summed E-state index contributed by atoms with van der Waals surface area (Å²) in [7, 11) is 0. The quantitative estimate of drug-likeness (QED) is 0.826. The average molecular weight is 388 g/mol. The number of hydrogen-bond acceptors (Lipinski definition) is 4. The van der Waals surface area contributed by atoms with E-state index >= 15 is 0 Å². The minimum absolute atomic E-state index is 0.0385. The summed E-state index contributed by atoms with van der Waals surface area (Å²) in [5.41, 5.74) is 1.22. The predicted molar refractivity (Wildman–Crippen MR) is 106 cm³/mol. The molecule has 2 N–H and O–H groups in total. The highest BCUT2D eigenvalue weighted by atomic mass is 19.3. The van der Waals surface area contributed by atoms with Crippen LogP contribution in [0.2, 0.25) is 0 Å². The normalized spacial score (nSPS) is 23.1. The maximum absolute atomic E-state index is 13.4. The molecule has 2 aliphatic rings. The Morgan fingerprint density at radius 3 is 2.86 bits per heavy atom. The van der Waals surface area contributed by atoms with Gasteiger partial charge >= 0.3 is 0 Å². The summed E-state index contributed by atoms with van der Waals surface area (Å²) in [4.78, 5) is 18.8. The van der Waals surface area contributed by atoms with Gasteiger partial charge in [0.15, 0.2) is 0 Å². The van der Waals surface area contributed by atoms with Crippen LogP contribution in [0.3, 0.4) is 0 Å². The van der Waals surface area contributed by atoms with Crippen LogP contribution in [0.15, 0.2) is 30.5 Å². The van der Waals surface area contributed by atoms with Crippen molar-refractivity contribution >= 4 is 22.5 Å². The van der Waals surface area contributed by atoms with Crippen molar-refractivity contribution in [2.24, 2.45) is 11.8 Å². The lowest BCUT2D eigenvalue weighted by molar-refractivity contribution is -0.123. The van der Waals surface area contributed by atoms with Gasteiger partial charge in [0, 0.05) is 48.4 Å². The van der Waals surface area contributed by atoms with Crippen molar-refractivity contribution in [3.63, 3.8) is 0 Å². The lowest BCUT2D eigenvalue weighted by Crippen LogP contribution is -2.52. The third kappa shape index (κ3) is 3.94. The Morgan fingerprint density at radius 1 is 1.32 bits per heavy atom. The summed E-state index contributed by atoms with van der Waals surface area (Å²) in [6, 6.07) is 6.93. The number of carbonyl (C=O) groups excluding carboxylic acids is 1. The third-order valence-electron chi connectivity index (χ3n) is 5.72. The Balaban J connectivity index is 1.54. The van der Waals surface area contributed by atoms with E-state index in [2.05, 4.69) is 27.4 Å². The summed E-state index contributed by atoms with van der Waals surface area (Å²) >= 11 is 0. The highest BCUT2D eigenvalue weighted by molar-refractivity contribution is 5.94. The molecule has 0 spiro atoms. The zero-order valence-corrected chi connectivity index (χ0v) is 16.0. The number of nitrogens with one attached hydrogen (secondary N) is 2. The first kappa shape index (κ1) is 19.1. The van der Waals surface area contributed by atoms with Crippen LogP contribution in [-0.2, 0) is 4.79 Å². The minimum atomic E-state index is -2.56. The SMILES string of the molecule is CC1C[C@@H](NC(=O)CC2CNC2)CN(c2ccc(C(F)F)c3ncccc23)C1. The van der Waals surface area contributed by atoms with Crippen molar-refractivity contribution in [2.75, 3.05) is 31.1 Å². The average Bonchev–Trinajstić information content (AvgIpc) is 2.63. The Kier molecular flexibility index (Phi) is 5.44. The van der Waals surface area contributed by atoms with E-state index in [1.54, 1.807) is 18.3 Å². The Labute approximate surface area is 163 Å². The van der Waals surface area contributed by atoms with Crippen molar-refractivity contribution in [3.05, 3.63) is 36.0 Å². The summed E-state index contributed by atoms with van der Waals surface area (Å²) < 4.78 is 26.7. The van der Waals surface area contributed by atoms with E-state index in [9.17, 15) is 13.6 Å². The molecule has 28 heavy (non-hydrogen) atoms. The lowest BCUT2D eigenvalue weighted by Gasteiger charge is -2.39. The molecule has 2 aromatic rings. The molecule has 1 unspecified atom stereocenters. The highest BCUT2D eigenvalue weighted by Gasteiger charge is 2.29. The number of fused-ring (bicyclic) bond motifs is 1. The first-order chi connectivity index (χ1) is 13.5. The fourth-order valence-corrected chi connectivity index (χ4v) is 4.33. The fraction of sp³-hybridized carbons (Fsp3) is 0.524. The standard InChI is InChI=1S/C21H26F2N4O/c1-13-7-15(26-19(28)8-14-9-24-10-14)12-27(11-13)18-5-4-17(21(22)23)20-16(18)3-2-6-25-20/h2-6,13-15,21,24H,7-12H2,1H3,(H,26,28)/t13?,15-/m1/s1. The summed E-state index contributed by atoms with van der Waals surface area (Å²) in [5, 5.41) is 7.11. The van der Waals surface area contributed by atoms with Crippen LogP contribution in [0.5, 0.6) is 0 Å². The largest absolute Gasteiger partial charge is 0.369 e. The molecule has 1 amide bonds. The summed E-state index contributed by atoms with van der Waals surface area (Å²) in [6.45, 7) is 5.50. The molecular weight excluding hydrogens is 362 g/mol. The number of nitrogens with zero attached hydrogens (tertiary/aromatic N) is 2. The molecule has 1 aromatic carbocycles. The van der Waals surface area contributed by atoms with Crippen molar-refractivity contribution in [3.8, 4) is 0 Å². The van der Waals surface area contributed by atoms with Crippen molar-refractivity contribution < 1.29 is 13.6 Å². The fourth-order valence-electron chi connectivity index (χ4n) is 4.33. The number of amides is 1. The zero-order chi connectivity index (χ0) is 19.7. The number of benzene rings is 1. The van der Waals surface area contributed by atoms with E-state index in [4.69, 9.17) is 0 Å². The second-order valence-corrected chi connectivity index (χ2v) is 8.11. The number of aromatic nitrogens is 1. The molecule has 0 aliphatic carbocycles. The van der Waals surface area contributed by atoms with Gasteiger partial charge in [0.1, 0.15) is 0 Å². The molecule has 7 heteroatoms. The molecule has 2 aliphatic heterocycles. The summed E-state index contributed by atoms with van der Waals surface area (Å²) in [6.07, 6.45) is 0.485. The van der Waals surface area contributed by atoms with Crippen LogP contribution >= 0.6 is 0 Å². The molecule has 0 saturated carbocycles. The lowest BCUT2D eigenvalue weighted by atomic mass is 9.93. The smallest absolute Gasteiger partial charge is 0.265 e. The number of rotatable bonds is 5. The van der Waals surface area contributed by atoms with E-state index in [1.807, 2.05) is 6.07 Å². The molecule has 0 bridgehead atoms. The predicted octanol–water partition coefficient (Wildman–Crippen LogP) is 3.11. The molecule has 1 aromatic heterocycles. The summed E-state index contributed by atoms with van der Waals surface area (Å²) in [5.74, 6) is 0.935. The van der Waals surface area contributed by atoms with E-state index in [0.717, 1.165) is 37.1 Å². The van der Waals surface area contributed by atoms with Gasteiger partial charge in [0.05, 0.1) is 5.52 Å². The van der Waals surface area contributed by atoms with Gasteiger partial charge in [0.2, 0.25) is 5.91 Å². The van der Waals surface area contributed by atoms with Crippen LogP contribution in [0.4, 0.5) is 14.5 Å². The van der Waals surface area contributed by atoms with Crippen LogP contribution in [0.25, 0.3) is 10.9 Å².